The Kier molecular flexibility index (Phi) is 3.28. The van der Waals surface area contributed by atoms with E-state index < -0.39 is 6.10 Å². The van der Waals surface area contributed by atoms with Gasteiger partial charge in [0.1, 0.15) is 0 Å². The number of hydrogen-bond donors (Lipinski definition) is 1. The Hall–Kier alpha value is -2.14. The predicted octanol–water partition coefficient (Wildman–Crippen LogP) is 1.39. The van der Waals surface area contributed by atoms with Crippen LogP contribution in [0.15, 0.2) is 36.5 Å². The first-order chi connectivity index (χ1) is 9.65. The Bertz CT molecular complexity index is 621. The molecule has 1 amide bonds. The minimum atomic E-state index is -0.400. The highest BCUT2D eigenvalue weighted by Crippen LogP contribution is 2.17. The summed E-state index contributed by atoms with van der Waals surface area (Å²) < 4.78 is 1.72. The molecule has 20 heavy (non-hydrogen) atoms. The van der Waals surface area contributed by atoms with Crippen molar-refractivity contribution in [1.29, 1.82) is 0 Å². The fourth-order valence-corrected chi connectivity index (χ4v) is 2.48. The van der Waals surface area contributed by atoms with Gasteiger partial charge in [0.2, 0.25) is 0 Å². The molecule has 2 heterocycles. The van der Waals surface area contributed by atoms with Crippen LogP contribution in [0.2, 0.25) is 0 Å². The highest BCUT2D eigenvalue weighted by atomic mass is 16.3. The third-order valence-electron chi connectivity index (χ3n) is 3.60. The van der Waals surface area contributed by atoms with Crippen LogP contribution in [0.1, 0.15) is 22.5 Å². The number of carbonyl (C=O) groups excluding carboxylic acids is 1. The molecule has 1 fully saturated rings. The monoisotopic (exact) mass is 271 g/mol. The first-order valence-corrected chi connectivity index (χ1v) is 6.74. The van der Waals surface area contributed by atoms with Crippen LogP contribution >= 0.6 is 0 Å². The molecule has 0 bridgehead atoms. The maximum atomic E-state index is 12.4. The molecule has 0 unspecified atom stereocenters. The molecule has 0 saturated carbocycles. The number of aliphatic hydroxyl groups excluding tert-OH is 1. The number of amides is 1. The van der Waals surface area contributed by atoms with Gasteiger partial charge in [-0.3, -0.25) is 4.79 Å². The first kappa shape index (κ1) is 12.9. The van der Waals surface area contributed by atoms with E-state index in [1.165, 1.54) is 0 Å². The van der Waals surface area contributed by atoms with E-state index in [-0.39, 0.29) is 5.91 Å². The first-order valence-electron chi connectivity index (χ1n) is 6.74. The van der Waals surface area contributed by atoms with Gasteiger partial charge in [0.15, 0.2) is 0 Å². The third kappa shape index (κ3) is 2.32. The van der Waals surface area contributed by atoms with Crippen molar-refractivity contribution < 1.29 is 9.90 Å². The van der Waals surface area contributed by atoms with E-state index >= 15 is 0 Å². The zero-order valence-electron chi connectivity index (χ0n) is 11.4. The Labute approximate surface area is 117 Å². The Morgan fingerprint density at radius 2 is 2.10 bits per heavy atom. The van der Waals surface area contributed by atoms with Crippen LogP contribution < -0.4 is 0 Å². The Morgan fingerprint density at radius 1 is 1.35 bits per heavy atom. The summed E-state index contributed by atoms with van der Waals surface area (Å²) in [4.78, 5) is 14.1. The number of hydrogen-bond acceptors (Lipinski definition) is 3. The number of benzene rings is 1. The number of rotatable bonds is 2. The number of aryl methyl sites for hydroxylation is 1. The summed E-state index contributed by atoms with van der Waals surface area (Å²) in [5, 5.41) is 13.9. The molecule has 1 N–H and O–H groups in total. The van der Waals surface area contributed by atoms with Crippen molar-refractivity contribution >= 4 is 5.91 Å². The molecule has 0 aliphatic carbocycles. The predicted molar refractivity (Wildman–Crippen MR) is 74.8 cm³/mol. The lowest BCUT2D eigenvalue weighted by Crippen LogP contribution is -2.29. The molecule has 1 atom stereocenters. The summed E-state index contributed by atoms with van der Waals surface area (Å²) in [5.74, 6) is -0.0544. The van der Waals surface area contributed by atoms with Gasteiger partial charge in [0.05, 0.1) is 23.0 Å². The zero-order chi connectivity index (χ0) is 14.1. The molecular weight excluding hydrogens is 254 g/mol. The zero-order valence-corrected chi connectivity index (χ0v) is 11.4. The Balaban J connectivity index is 1.88. The number of aliphatic hydroxyl groups is 1. The smallest absolute Gasteiger partial charge is 0.257 e. The van der Waals surface area contributed by atoms with Crippen molar-refractivity contribution in [3.8, 4) is 5.69 Å². The summed E-state index contributed by atoms with van der Waals surface area (Å²) in [5.41, 5.74) is 2.24. The minimum Gasteiger partial charge on any atom is -0.391 e. The highest BCUT2D eigenvalue weighted by Gasteiger charge is 2.27. The van der Waals surface area contributed by atoms with Gasteiger partial charge in [-0.05, 0) is 25.5 Å². The van der Waals surface area contributed by atoms with Crippen LogP contribution in [0, 0.1) is 6.92 Å². The van der Waals surface area contributed by atoms with Crippen molar-refractivity contribution in [2.75, 3.05) is 13.1 Å². The third-order valence-corrected chi connectivity index (χ3v) is 3.60. The summed E-state index contributed by atoms with van der Waals surface area (Å²) >= 11 is 0. The normalized spacial score (nSPS) is 18.5. The molecule has 1 aromatic carbocycles. The summed E-state index contributed by atoms with van der Waals surface area (Å²) in [6.07, 6.45) is 2.01. The van der Waals surface area contributed by atoms with Gasteiger partial charge in [-0.25, -0.2) is 4.68 Å². The highest BCUT2D eigenvalue weighted by molar-refractivity contribution is 5.95. The maximum Gasteiger partial charge on any atom is 0.257 e. The molecule has 2 aromatic rings. The van der Waals surface area contributed by atoms with Crippen molar-refractivity contribution in [3.63, 3.8) is 0 Å². The van der Waals surface area contributed by atoms with E-state index in [1.54, 1.807) is 15.8 Å². The number of para-hydroxylation sites is 1. The van der Waals surface area contributed by atoms with Crippen LogP contribution in [0.4, 0.5) is 0 Å². The van der Waals surface area contributed by atoms with Gasteiger partial charge >= 0.3 is 0 Å². The second-order valence-corrected chi connectivity index (χ2v) is 5.10. The topological polar surface area (TPSA) is 58.4 Å². The minimum absolute atomic E-state index is 0.0544. The van der Waals surface area contributed by atoms with Gasteiger partial charge in [-0.15, -0.1) is 0 Å². The fourth-order valence-electron chi connectivity index (χ4n) is 2.48. The summed E-state index contributed by atoms with van der Waals surface area (Å²) in [7, 11) is 0. The number of aromatic nitrogens is 2. The molecule has 1 aromatic heterocycles. The molecule has 5 heteroatoms. The molecule has 0 radical (unpaired) electrons. The summed E-state index contributed by atoms with van der Waals surface area (Å²) in [6.45, 7) is 2.85. The van der Waals surface area contributed by atoms with Gasteiger partial charge in [0, 0.05) is 19.3 Å². The molecule has 0 spiro atoms. The van der Waals surface area contributed by atoms with Crippen molar-refractivity contribution in [3.05, 3.63) is 47.8 Å². The van der Waals surface area contributed by atoms with Crippen LogP contribution in [0.5, 0.6) is 0 Å². The average Bonchev–Trinajstić information content (AvgIpc) is 3.05. The van der Waals surface area contributed by atoms with E-state index in [9.17, 15) is 9.90 Å². The van der Waals surface area contributed by atoms with Gasteiger partial charge in [-0.1, -0.05) is 18.2 Å². The standard InChI is InChI=1S/C15H17N3O2/c1-11-14(15(20)17-8-7-13(19)9-17)10-18(16-11)12-5-3-2-4-6-12/h2-6,10,13,19H,7-9H2,1H3/t13-/m1/s1. The van der Waals surface area contributed by atoms with Crippen molar-refractivity contribution in [2.24, 2.45) is 0 Å². The van der Waals surface area contributed by atoms with Crippen LogP contribution in [-0.2, 0) is 0 Å². The molecule has 3 rings (SSSR count). The molecule has 5 nitrogen and oxygen atoms in total. The molecule has 104 valence electrons. The van der Waals surface area contributed by atoms with Crippen molar-refractivity contribution in [2.45, 2.75) is 19.4 Å². The fraction of sp³-hybridized carbons (Fsp3) is 0.333. The van der Waals surface area contributed by atoms with Crippen LogP contribution in [0.3, 0.4) is 0 Å². The molecular formula is C15H17N3O2. The van der Waals surface area contributed by atoms with E-state index in [2.05, 4.69) is 5.10 Å². The average molecular weight is 271 g/mol. The van der Waals surface area contributed by atoms with Gasteiger partial charge in [0.25, 0.3) is 5.91 Å². The molecule has 1 saturated heterocycles. The van der Waals surface area contributed by atoms with Crippen LogP contribution in [-0.4, -0.2) is 44.9 Å². The second-order valence-electron chi connectivity index (χ2n) is 5.10. The maximum absolute atomic E-state index is 12.4. The molecule has 1 aliphatic rings. The van der Waals surface area contributed by atoms with E-state index in [0.717, 1.165) is 5.69 Å². The van der Waals surface area contributed by atoms with E-state index in [4.69, 9.17) is 0 Å². The summed E-state index contributed by atoms with van der Waals surface area (Å²) in [6, 6.07) is 9.70. The van der Waals surface area contributed by atoms with E-state index in [1.807, 2.05) is 37.3 Å². The lowest BCUT2D eigenvalue weighted by atomic mass is 10.2. The van der Waals surface area contributed by atoms with E-state index in [0.29, 0.717) is 30.8 Å². The number of nitrogens with zero attached hydrogens (tertiary/aromatic N) is 3. The van der Waals surface area contributed by atoms with Gasteiger partial charge in [-0.2, -0.15) is 5.10 Å². The largest absolute Gasteiger partial charge is 0.391 e. The Morgan fingerprint density at radius 3 is 2.75 bits per heavy atom. The second kappa shape index (κ2) is 5.09. The lowest BCUT2D eigenvalue weighted by Gasteiger charge is -2.14. The number of β-amino-alcohol motifs (C(OH)–C–C–N with tert-alkyl or cyclic N) is 1. The van der Waals surface area contributed by atoms with Crippen molar-refractivity contribution in [1.82, 2.24) is 14.7 Å². The number of carbonyl (C=O) groups is 1. The van der Waals surface area contributed by atoms with Gasteiger partial charge < -0.3 is 10.0 Å². The lowest BCUT2D eigenvalue weighted by molar-refractivity contribution is 0.0764. The molecule has 1 aliphatic heterocycles. The van der Waals surface area contributed by atoms with Crippen LogP contribution in [0.25, 0.3) is 5.69 Å². The quantitative estimate of drug-likeness (QED) is 0.898. The number of likely N-dealkylation sites (tertiary alicyclic amines) is 1. The SMILES string of the molecule is Cc1nn(-c2ccccc2)cc1C(=O)N1CC[C@@H](O)C1.